The number of benzene rings is 1. The van der Waals surface area contributed by atoms with Gasteiger partial charge in [0.25, 0.3) is 0 Å². The highest BCUT2D eigenvalue weighted by molar-refractivity contribution is 6.31. The van der Waals surface area contributed by atoms with E-state index >= 15 is 0 Å². The van der Waals surface area contributed by atoms with Crippen LogP contribution < -0.4 is 15.4 Å². The van der Waals surface area contributed by atoms with Crippen LogP contribution in [0.2, 0.25) is 0 Å². The third kappa shape index (κ3) is 4.55. The fourth-order valence-corrected chi connectivity index (χ4v) is 4.64. The minimum Gasteiger partial charge on any atom is -0.507 e. The van der Waals surface area contributed by atoms with E-state index in [1.54, 1.807) is 0 Å². The number of carbonyl (C=O) groups excluding carboxylic acids is 4. The van der Waals surface area contributed by atoms with Gasteiger partial charge in [0, 0.05) is 36.2 Å². The van der Waals surface area contributed by atoms with Crippen LogP contribution in [0.15, 0.2) is 27.6 Å². The van der Waals surface area contributed by atoms with E-state index in [4.69, 9.17) is 9.26 Å². The van der Waals surface area contributed by atoms with Crippen LogP contribution in [0.1, 0.15) is 73.7 Å². The van der Waals surface area contributed by atoms with Crippen molar-refractivity contribution >= 4 is 23.3 Å². The maximum Gasteiger partial charge on any atom is 0.239 e. The minimum absolute atomic E-state index is 0.00329. The van der Waals surface area contributed by atoms with Gasteiger partial charge in [0.05, 0.1) is 17.7 Å². The molecular formula is C27H30N4O8. The zero-order chi connectivity index (χ0) is 28.8. The summed E-state index contributed by atoms with van der Waals surface area (Å²) in [6.45, 7) is 9.50. The SMILES string of the molecule is CC(=O)c1c(O)c(C)c(O)c2c1OC1=CC(=O)/C(=C(/C)NCC(=O)NCCc3nc(C(C)C)no3)C(=O)[C@@]12C. The molecule has 1 aromatic carbocycles. The first-order valence-electron chi connectivity index (χ1n) is 12.4. The molecule has 0 unspecified atom stereocenters. The molecule has 2 aliphatic rings. The van der Waals surface area contributed by atoms with Crippen molar-refractivity contribution in [2.75, 3.05) is 13.1 Å². The van der Waals surface area contributed by atoms with Gasteiger partial charge in [-0.25, -0.2) is 0 Å². The van der Waals surface area contributed by atoms with Crippen LogP contribution >= 0.6 is 0 Å². The van der Waals surface area contributed by atoms with E-state index in [1.807, 2.05) is 13.8 Å². The van der Waals surface area contributed by atoms with Crippen LogP contribution in [-0.4, -0.2) is 56.7 Å². The van der Waals surface area contributed by atoms with Crippen molar-refractivity contribution in [3.8, 4) is 17.2 Å². The van der Waals surface area contributed by atoms with Crippen LogP contribution in [0, 0.1) is 6.92 Å². The normalized spacial score (nSPS) is 19.3. The highest BCUT2D eigenvalue weighted by Gasteiger charge is 2.56. The van der Waals surface area contributed by atoms with Crippen molar-refractivity contribution in [1.29, 1.82) is 0 Å². The van der Waals surface area contributed by atoms with Crippen molar-refractivity contribution in [2.24, 2.45) is 0 Å². The number of fused-ring (bicyclic) bond motifs is 3. The predicted molar refractivity (Wildman–Crippen MR) is 136 cm³/mol. The van der Waals surface area contributed by atoms with Crippen LogP contribution in [-0.2, 0) is 26.2 Å². The number of carbonyl (C=O) groups is 4. The maximum atomic E-state index is 13.8. The third-order valence-corrected chi connectivity index (χ3v) is 6.94. The molecule has 2 heterocycles. The fraction of sp³-hybridized carbons (Fsp3) is 0.407. The third-order valence-electron chi connectivity index (χ3n) is 6.94. The number of allylic oxidation sites excluding steroid dienone is 4. The molecule has 4 rings (SSSR count). The van der Waals surface area contributed by atoms with Gasteiger partial charge in [0.15, 0.2) is 23.2 Å². The van der Waals surface area contributed by atoms with E-state index in [0.717, 1.165) is 6.08 Å². The number of hydrogen-bond acceptors (Lipinski definition) is 11. The first-order chi connectivity index (χ1) is 18.3. The lowest BCUT2D eigenvalue weighted by atomic mass is 9.70. The van der Waals surface area contributed by atoms with E-state index in [0.29, 0.717) is 18.1 Å². The molecule has 1 amide bonds. The Kier molecular flexibility index (Phi) is 7.07. The summed E-state index contributed by atoms with van der Waals surface area (Å²) in [5.41, 5.74) is -1.87. The molecule has 4 N–H and O–H groups in total. The summed E-state index contributed by atoms with van der Waals surface area (Å²) < 4.78 is 10.9. The second-order valence-corrected chi connectivity index (χ2v) is 10.0. The number of ketones is 3. The fourth-order valence-electron chi connectivity index (χ4n) is 4.64. The Morgan fingerprint density at radius 3 is 2.44 bits per heavy atom. The van der Waals surface area contributed by atoms with Gasteiger partial charge in [0.2, 0.25) is 11.8 Å². The standard InChI is InChI=1S/C27H30N4O8/c1-11(2)26-30-18(39-31-26)7-8-28-17(34)10-29-13(4)19-15(33)9-16-27(6,25(19)37)21-23(36)12(3)22(35)20(14(5)32)24(21)38-16/h9,11,29,35-36H,7-8,10H2,1-6H3,(H,28,34)/b19-13+/t27-/m0/s1. The Hall–Kier alpha value is -4.48. The highest BCUT2D eigenvalue weighted by atomic mass is 16.5. The Balaban J connectivity index is 1.53. The van der Waals surface area contributed by atoms with Crippen LogP contribution in [0.5, 0.6) is 17.2 Å². The van der Waals surface area contributed by atoms with Crippen LogP contribution in [0.25, 0.3) is 0 Å². The van der Waals surface area contributed by atoms with Gasteiger partial charge in [-0.3, -0.25) is 19.2 Å². The van der Waals surface area contributed by atoms with Gasteiger partial charge in [-0.1, -0.05) is 19.0 Å². The largest absolute Gasteiger partial charge is 0.507 e. The second kappa shape index (κ2) is 10.0. The molecule has 0 saturated heterocycles. The summed E-state index contributed by atoms with van der Waals surface area (Å²) in [7, 11) is 0. The number of hydrogen-bond donors (Lipinski definition) is 4. The van der Waals surface area contributed by atoms with E-state index in [-0.39, 0.29) is 64.4 Å². The number of phenols is 2. The van der Waals surface area contributed by atoms with E-state index in [1.165, 1.54) is 27.7 Å². The Morgan fingerprint density at radius 2 is 1.82 bits per heavy atom. The minimum atomic E-state index is -1.63. The zero-order valence-electron chi connectivity index (χ0n) is 22.5. The molecule has 1 atom stereocenters. The van der Waals surface area contributed by atoms with Gasteiger partial charge < -0.3 is 30.1 Å². The zero-order valence-corrected chi connectivity index (χ0v) is 22.5. The predicted octanol–water partition coefficient (Wildman–Crippen LogP) is 2.02. The molecule has 0 bridgehead atoms. The average molecular weight is 539 g/mol. The number of aromatic hydroxyl groups is 2. The summed E-state index contributed by atoms with van der Waals surface area (Å²) >= 11 is 0. The van der Waals surface area contributed by atoms with E-state index in [2.05, 4.69) is 20.8 Å². The Labute approximate surface area is 224 Å². The molecule has 12 heteroatoms. The topological polar surface area (TPSA) is 181 Å². The van der Waals surface area contributed by atoms with Gasteiger partial charge in [-0.15, -0.1) is 0 Å². The molecule has 0 saturated carbocycles. The molecule has 0 fully saturated rings. The van der Waals surface area contributed by atoms with Gasteiger partial charge >= 0.3 is 0 Å². The molecule has 1 aliphatic heterocycles. The van der Waals surface area contributed by atoms with Gasteiger partial charge in [0.1, 0.15) is 34.0 Å². The molecule has 1 aromatic heterocycles. The highest BCUT2D eigenvalue weighted by Crippen LogP contribution is 2.57. The lowest BCUT2D eigenvalue weighted by Gasteiger charge is -2.29. The second-order valence-electron chi connectivity index (χ2n) is 10.0. The summed E-state index contributed by atoms with van der Waals surface area (Å²) in [5, 5.41) is 30.7. The Bertz CT molecular complexity index is 1480. The smallest absolute Gasteiger partial charge is 0.239 e. The number of amides is 1. The molecule has 2 aromatic rings. The van der Waals surface area contributed by atoms with Crippen LogP contribution in [0.4, 0.5) is 0 Å². The lowest BCUT2D eigenvalue weighted by molar-refractivity contribution is -0.124. The van der Waals surface area contributed by atoms with E-state index < -0.39 is 34.3 Å². The summed E-state index contributed by atoms with van der Waals surface area (Å²) in [4.78, 5) is 55.6. The monoisotopic (exact) mass is 538 g/mol. The van der Waals surface area contributed by atoms with Crippen molar-refractivity contribution in [3.05, 3.63) is 51.5 Å². The lowest BCUT2D eigenvalue weighted by Crippen LogP contribution is -2.42. The number of aromatic nitrogens is 2. The number of nitrogens with zero attached hydrogens (tertiary/aromatic N) is 2. The molecule has 0 radical (unpaired) electrons. The molecule has 39 heavy (non-hydrogen) atoms. The Morgan fingerprint density at radius 1 is 1.13 bits per heavy atom. The number of rotatable bonds is 8. The average Bonchev–Trinajstić information content (AvgIpc) is 3.45. The van der Waals surface area contributed by atoms with Gasteiger partial charge in [-0.05, 0) is 27.7 Å². The van der Waals surface area contributed by atoms with Gasteiger partial charge in [-0.2, -0.15) is 4.98 Å². The quantitative estimate of drug-likeness (QED) is 0.219. The van der Waals surface area contributed by atoms with E-state index in [9.17, 15) is 29.4 Å². The number of Topliss-reactive ketones (excluding diaryl/α,β-unsaturated/α-hetero) is 2. The van der Waals surface area contributed by atoms with Crippen molar-refractivity contribution in [2.45, 2.75) is 59.3 Å². The molecular weight excluding hydrogens is 508 g/mol. The molecule has 0 spiro atoms. The summed E-state index contributed by atoms with van der Waals surface area (Å²) in [6.07, 6.45) is 1.46. The maximum absolute atomic E-state index is 13.8. The number of phenolic OH excluding ortho intramolecular Hbond substituents is 2. The summed E-state index contributed by atoms with van der Waals surface area (Å²) in [6, 6.07) is 0. The summed E-state index contributed by atoms with van der Waals surface area (Å²) in [5.74, 6) is -2.25. The first kappa shape index (κ1) is 27.6. The number of nitrogens with one attached hydrogen (secondary N) is 2. The van der Waals surface area contributed by atoms with Crippen LogP contribution in [0.3, 0.4) is 0 Å². The molecule has 1 aliphatic carbocycles. The molecule has 206 valence electrons. The molecule has 12 nitrogen and oxygen atoms in total. The van der Waals surface area contributed by atoms with Crippen molar-refractivity contribution in [3.63, 3.8) is 0 Å². The van der Waals surface area contributed by atoms with Crippen molar-refractivity contribution < 1.29 is 38.7 Å². The first-order valence-corrected chi connectivity index (χ1v) is 12.4. The number of ether oxygens (including phenoxy) is 1. The van der Waals surface area contributed by atoms with Crippen molar-refractivity contribution in [1.82, 2.24) is 20.8 Å².